The molecule has 0 aliphatic heterocycles. The first-order valence-corrected chi connectivity index (χ1v) is 4.78. The molecule has 0 radical (unpaired) electrons. The Morgan fingerprint density at radius 1 is 1.12 bits per heavy atom. The van der Waals surface area contributed by atoms with Gasteiger partial charge in [-0.15, -0.1) is 0 Å². The third-order valence-electron chi connectivity index (χ3n) is 2.53. The predicted octanol–water partition coefficient (Wildman–Crippen LogP) is 2.55. The molecule has 1 aromatic carbocycles. The molecular formula is C12H8O4. The molecule has 0 fully saturated rings. The molecule has 80 valence electrons. The van der Waals surface area contributed by atoms with Crippen LogP contribution < -0.4 is 10.4 Å². The van der Waals surface area contributed by atoms with Crippen molar-refractivity contribution in [2.45, 2.75) is 0 Å². The van der Waals surface area contributed by atoms with Gasteiger partial charge in [0.25, 0.3) is 0 Å². The molecule has 0 bridgehead atoms. The fourth-order valence-corrected chi connectivity index (χ4v) is 1.81. The fraction of sp³-hybridized carbons (Fsp3) is 0.0833. The molecule has 0 aliphatic rings. The van der Waals surface area contributed by atoms with E-state index in [9.17, 15) is 4.79 Å². The summed E-state index contributed by atoms with van der Waals surface area (Å²) in [6.07, 6.45) is 1.47. The third-order valence-corrected chi connectivity index (χ3v) is 2.53. The van der Waals surface area contributed by atoms with Gasteiger partial charge >= 0.3 is 5.63 Å². The molecule has 0 unspecified atom stereocenters. The highest BCUT2D eigenvalue weighted by Crippen LogP contribution is 2.29. The second kappa shape index (κ2) is 3.13. The minimum Gasteiger partial charge on any atom is -0.493 e. The summed E-state index contributed by atoms with van der Waals surface area (Å²) in [4.78, 5) is 11.6. The van der Waals surface area contributed by atoms with Crippen LogP contribution in [0.25, 0.3) is 21.9 Å². The van der Waals surface area contributed by atoms with Crippen LogP contribution in [0.2, 0.25) is 0 Å². The van der Waals surface area contributed by atoms with Crippen LogP contribution >= 0.6 is 0 Å². The van der Waals surface area contributed by atoms with Crippen LogP contribution in [-0.2, 0) is 0 Å². The van der Waals surface area contributed by atoms with Crippen LogP contribution in [-0.4, -0.2) is 7.11 Å². The first-order chi connectivity index (χ1) is 7.81. The second-order valence-corrected chi connectivity index (χ2v) is 3.39. The van der Waals surface area contributed by atoms with Crippen molar-refractivity contribution in [2.24, 2.45) is 0 Å². The van der Waals surface area contributed by atoms with Gasteiger partial charge in [0.1, 0.15) is 0 Å². The van der Waals surface area contributed by atoms with E-state index in [1.54, 1.807) is 12.1 Å². The van der Waals surface area contributed by atoms with Crippen LogP contribution in [0.4, 0.5) is 0 Å². The van der Waals surface area contributed by atoms with Crippen LogP contribution in [0.1, 0.15) is 0 Å². The zero-order valence-electron chi connectivity index (χ0n) is 8.52. The summed E-state index contributed by atoms with van der Waals surface area (Å²) >= 11 is 0. The van der Waals surface area contributed by atoms with Crippen molar-refractivity contribution in [2.75, 3.05) is 7.11 Å². The molecule has 0 atom stereocenters. The molecule has 2 aromatic heterocycles. The van der Waals surface area contributed by atoms with Crippen molar-refractivity contribution in [1.29, 1.82) is 0 Å². The van der Waals surface area contributed by atoms with E-state index in [0.29, 0.717) is 11.3 Å². The van der Waals surface area contributed by atoms with E-state index >= 15 is 0 Å². The van der Waals surface area contributed by atoms with Crippen molar-refractivity contribution in [3.63, 3.8) is 0 Å². The number of methoxy groups -OCH3 is 1. The summed E-state index contributed by atoms with van der Waals surface area (Å²) in [5.41, 5.74) is 0.196. The number of benzene rings is 1. The van der Waals surface area contributed by atoms with Gasteiger partial charge in [-0.3, -0.25) is 0 Å². The van der Waals surface area contributed by atoms with Crippen LogP contribution in [0, 0.1) is 0 Å². The SMILES string of the molecule is COc1cccc2c1oc(=O)c1occc12. The highest BCUT2D eigenvalue weighted by atomic mass is 16.5. The maximum atomic E-state index is 11.6. The quantitative estimate of drug-likeness (QED) is 0.586. The summed E-state index contributed by atoms with van der Waals surface area (Å²) in [6.45, 7) is 0. The first kappa shape index (κ1) is 9.03. The fourth-order valence-electron chi connectivity index (χ4n) is 1.81. The van der Waals surface area contributed by atoms with Crippen LogP contribution in [0.15, 0.2) is 44.2 Å². The van der Waals surface area contributed by atoms with Gasteiger partial charge in [0.15, 0.2) is 11.3 Å². The number of ether oxygens (including phenoxy) is 1. The minimum absolute atomic E-state index is 0.237. The van der Waals surface area contributed by atoms with E-state index in [1.807, 2.05) is 12.1 Å². The number of para-hydroxylation sites is 1. The van der Waals surface area contributed by atoms with Gasteiger partial charge in [-0.1, -0.05) is 12.1 Å². The average molecular weight is 216 g/mol. The lowest BCUT2D eigenvalue weighted by Gasteiger charge is -2.03. The summed E-state index contributed by atoms with van der Waals surface area (Å²) in [6, 6.07) is 7.19. The molecule has 0 N–H and O–H groups in total. The first-order valence-electron chi connectivity index (χ1n) is 4.78. The van der Waals surface area contributed by atoms with Gasteiger partial charge in [-0.05, 0) is 12.1 Å². The molecule has 2 heterocycles. The summed E-state index contributed by atoms with van der Waals surface area (Å²) in [7, 11) is 1.54. The zero-order chi connectivity index (χ0) is 11.1. The Bertz CT molecular complexity index is 721. The molecule has 16 heavy (non-hydrogen) atoms. The lowest BCUT2D eigenvalue weighted by atomic mass is 10.1. The van der Waals surface area contributed by atoms with E-state index in [2.05, 4.69) is 0 Å². The standard InChI is InChI=1S/C12H8O4/c1-14-9-4-2-3-7-8-5-6-15-11(8)12(13)16-10(7)9/h2-6H,1H3. The van der Waals surface area contributed by atoms with Crippen LogP contribution in [0.5, 0.6) is 5.75 Å². The largest absolute Gasteiger partial charge is 0.493 e. The highest BCUT2D eigenvalue weighted by Gasteiger charge is 2.12. The second-order valence-electron chi connectivity index (χ2n) is 3.39. The van der Waals surface area contributed by atoms with Crippen molar-refractivity contribution in [3.05, 3.63) is 40.9 Å². The molecule has 0 saturated heterocycles. The van der Waals surface area contributed by atoms with Crippen molar-refractivity contribution in [3.8, 4) is 5.75 Å². The van der Waals surface area contributed by atoms with Gasteiger partial charge in [0.2, 0.25) is 5.58 Å². The zero-order valence-corrected chi connectivity index (χ0v) is 8.52. The van der Waals surface area contributed by atoms with E-state index in [0.717, 1.165) is 10.8 Å². The maximum absolute atomic E-state index is 11.6. The van der Waals surface area contributed by atoms with E-state index in [4.69, 9.17) is 13.6 Å². The topological polar surface area (TPSA) is 52.6 Å². The number of hydrogen-bond acceptors (Lipinski definition) is 4. The summed E-state index contributed by atoms with van der Waals surface area (Å²) in [5.74, 6) is 0.540. The molecule has 0 amide bonds. The molecular weight excluding hydrogens is 208 g/mol. The van der Waals surface area contributed by atoms with Gasteiger partial charge in [-0.25, -0.2) is 4.79 Å². The van der Waals surface area contributed by atoms with Gasteiger partial charge in [-0.2, -0.15) is 0 Å². The Morgan fingerprint density at radius 3 is 2.75 bits per heavy atom. The minimum atomic E-state index is -0.489. The van der Waals surface area contributed by atoms with Crippen molar-refractivity contribution < 1.29 is 13.6 Å². The molecule has 3 aromatic rings. The Morgan fingerprint density at radius 2 is 1.94 bits per heavy atom. The van der Waals surface area contributed by atoms with Crippen LogP contribution in [0.3, 0.4) is 0 Å². The Balaban J connectivity index is 2.63. The normalized spacial score (nSPS) is 11.1. The maximum Gasteiger partial charge on any atom is 0.380 e. The lowest BCUT2D eigenvalue weighted by molar-refractivity contribution is 0.406. The number of rotatable bonds is 1. The summed E-state index contributed by atoms with van der Waals surface area (Å²) < 4.78 is 15.4. The Hall–Kier alpha value is -2.23. The summed E-state index contributed by atoms with van der Waals surface area (Å²) in [5, 5.41) is 1.55. The Labute approximate surface area is 90.0 Å². The molecule has 3 rings (SSSR count). The van der Waals surface area contributed by atoms with Gasteiger partial charge in [0.05, 0.1) is 13.4 Å². The van der Waals surface area contributed by atoms with Gasteiger partial charge < -0.3 is 13.6 Å². The number of hydrogen-bond donors (Lipinski definition) is 0. The molecule has 4 heteroatoms. The van der Waals surface area contributed by atoms with E-state index in [1.165, 1.54) is 13.4 Å². The molecule has 0 spiro atoms. The Kier molecular flexibility index (Phi) is 1.77. The monoisotopic (exact) mass is 216 g/mol. The van der Waals surface area contributed by atoms with Crippen molar-refractivity contribution >= 4 is 21.9 Å². The molecule has 4 nitrogen and oxygen atoms in total. The van der Waals surface area contributed by atoms with E-state index in [-0.39, 0.29) is 5.58 Å². The van der Waals surface area contributed by atoms with E-state index < -0.39 is 5.63 Å². The third kappa shape index (κ3) is 1.07. The predicted molar refractivity (Wildman–Crippen MR) is 58.8 cm³/mol. The lowest BCUT2D eigenvalue weighted by Crippen LogP contribution is -1.98. The molecule has 0 aliphatic carbocycles. The number of furan rings is 1. The van der Waals surface area contributed by atoms with Crippen molar-refractivity contribution in [1.82, 2.24) is 0 Å². The molecule has 0 saturated carbocycles. The average Bonchev–Trinajstić information content (AvgIpc) is 2.78. The highest BCUT2D eigenvalue weighted by molar-refractivity contribution is 6.04. The number of fused-ring (bicyclic) bond motifs is 3. The van der Waals surface area contributed by atoms with Gasteiger partial charge in [0, 0.05) is 10.8 Å². The smallest absolute Gasteiger partial charge is 0.380 e.